The van der Waals surface area contributed by atoms with Gasteiger partial charge in [-0.15, -0.1) is 0 Å². The Kier molecular flexibility index (Phi) is 5.15. The second kappa shape index (κ2) is 8.24. The van der Waals surface area contributed by atoms with Gasteiger partial charge in [-0.3, -0.25) is 24.5 Å². The zero-order valence-corrected chi connectivity index (χ0v) is 19.3. The Bertz CT molecular complexity index is 1580. The molecule has 0 saturated carbocycles. The van der Waals surface area contributed by atoms with Gasteiger partial charge in [-0.25, -0.2) is 13.3 Å². The van der Waals surface area contributed by atoms with E-state index in [0.717, 1.165) is 27.9 Å². The molecule has 4 aromatic rings. The average Bonchev–Trinajstić information content (AvgIpc) is 3.54. The number of amides is 1. The van der Waals surface area contributed by atoms with Crippen molar-refractivity contribution >= 4 is 39.3 Å². The highest BCUT2D eigenvalue weighted by Crippen LogP contribution is 2.36. The molecule has 2 aliphatic rings. The van der Waals surface area contributed by atoms with Crippen LogP contribution in [0.3, 0.4) is 0 Å². The van der Waals surface area contributed by atoms with Gasteiger partial charge in [0.25, 0.3) is 11.5 Å². The van der Waals surface area contributed by atoms with Crippen molar-refractivity contribution in [3.05, 3.63) is 75.5 Å². The predicted molar refractivity (Wildman–Crippen MR) is 128 cm³/mol. The maximum atomic E-state index is 15.3. The minimum Gasteiger partial charge on any atom is -0.354 e. The lowest BCUT2D eigenvalue weighted by molar-refractivity contribution is 0.0958. The van der Waals surface area contributed by atoms with Crippen molar-refractivity contribution in [1.82, 2.24) is 29.8 Å². The number of fused-ring (bicyclic) bond motifs is 4. The summed E-state index contributed by atoms with van der Waals surface area (Å²) in [4.78, 5) is 37.6. The fourth-order valence-corrected chi connectivity index (χ4v) is 5.94. The van der Waals surface area contributed by atoms with Gasteiger partial charge < -0.3 is 10.3 Å². The smallest absolute Gasteiger partial charge is 0.277 e. The summed E-state index contributed by atoms with van der Waals surface area (Å²) in [5, 5.41) is 7.54. The van der Waals surface area contributed by atoms with Crippen LogP contribution in [-0.4, -0.2) is 66.9 Å². The molecule has 2 aliphatic heterocycles. The number of hydrogen-bond acceptors (Lipinski definition) is 7. The Hall–Kier alpha value is -3.64. The fraction of sp³-hybridized carbons (Fsp3) is 0.261. The molecule has 5 heterocycles. The van der Waals surface area contributed by atoms with E-state index < -0.39 is 17.2 Å². The number of carbonyl (C=O) groups is 1. The number of rotatable bonds is 4. The first-order valence-corrected chi connectivity index (χ1v) is 11.8. The maximum absolute atomic E-state index is 15.3. The third-order valence-corrected chi connectivity index (χ3v) is 7.66. The summed E-state index contributed by atoms with van der Waals surface area (Å²) in [6.45, 7) is 1.75. The number of aliphatic imine (C=N–C) groups is 1. The van der Waals surface area contributed by atoms with E-state index in [4.69, 9.17) is 4.99 Å². The third kappa shape index (κ3) is 3.60. The molecule has 0 spiro atoms. The molecule has 0 radical (unpaired) electrons. The molecule has 0 bridgehead atoms. The molecule has 1 aromatic carbocycles. The topological polar surface area (TPSA) is 108 Å². The number of aromatic nitrogens is 4. The summed E-state index contributed by atoms with van der Waals surface area (Å²) in [6, 6.07) is 6.88. The molecule has 6 rings (SSSR count). The van der Waals surface area contributed by atoms with Crippen molar-refractivity contribution in [3.63, 3.8) is 0 Å². The molecule has 12 heteroatoms. The van der Waals surface area contributed by atoms with E-state index in [9.17, 15) is 14.0 Å². The number of aromatic amines is 1. The van der Waals surface area contributed by atoms with E-state index in [2.05, 4.69) is 25.3 Å². The number of thioether (sulfide) groups is 1. The fourth-order valence-electron chi connectivity index (χ4n) is 4.61. The molecule has 0 aliphatic carbocycles. The Morgan fingerprint density at radius 2 is 2.09 bits per heavy atom. The molecule has 2 atom stereocenters. The molecule has 35 heavy (non-hydrogen) atoms. The van der Waals surface area contributed by atoms with Crippen LogP contribution >= 0.6 is 11.8 Å². The van der Waals surface area contributed by atoms with Crippen molar-refractivity contribution in [1.29, 1.82) is 0 Å². The van der Waals surface area contributed by atoms with E-state index in [0.29, 0.717) is 29.9 Å². The molecule has 1 saturated heterocycles. The first-order chi connectivity index (χ1) is 16.9. The van der Waals surface area contributed by atoms with E-state index in [1.807, 2.05) is 6.07 Å². The van der Waals surface area contributed by atoms with Gasteiger partial charge in [-0.1, -0.05) is 17.8 Å². The average molecular weight is 496 g/mol. The lowest BCUT2D eigenvalue weighted by atomic mass is 10.1. The summed E-state index contributed by atoms with van der Waals surface area (Å²) in [6.07, 6.45) is 2.60. The molecular formula is C23H19F2N7O2S. The lowest BCUT2D eigenvalue weighted by Crippen LogP contribution is -2.23. The number of benzene rings is 1. The van der Waals surface area contributed by atoms with Crippen molar-refractivity contribution in [2.45, 2.75) is 17.8 Å². The Morgan fingerprint density at radius 1 is 1.23 bits per heavy atom. The summed E-state index contributed by atoms with van der Waals surface area (Å²) in [5.41, 5.74) is 0.992. The van der Waals surface area contributed by atoms with Crippen LogP contribution in [0.5, 0.6) is 0 Å². The highest BCUT2D eigenvalue weighted by Gasteiger charge is 2.39. The third-order valence-electron chi connectivity index (χ3n) is 6.33. The van der Waals surface area contributed by atoms with Gasteiger partial charge in [0, 0.05) is 49.3 Å². The van der Waals surface area contributed by atoms with Gasteiger partial charge in [0.15, 0.2) is 17.2 Å². The van der Waals surface area contributed by atoms with E-state index in [1.54, 1.807) is 43.2 Å². The first-order valence-electron chi connectivity index (χ1n) is 10.9. The van der Waals surface area contributed by atoms with Gasteiger partial charge in [0.1, 0.15) is 16.3 Å². The molecular weight excluding hydrogens is 476 g/mol. The van der Waals surface area contributed by atoms with Crippen LogP contribution in [-0.2, 0) is 6.54 Å². The van der Waals surface area contributed by atoms with Crippen molar-refractivity contribution in [2.75, 3.05) is 20.1 Å². The van der Waals surface area contributed by atoms with Gasteiger partial charge in [0.2, 0.25) is 0 Å². The van der Waals surface area contributed by atoms with Gasteiger partial charge in [0.05, 0.1) is 17.8 Å². The Labute approximate surface area is 201 Å². The van der Waals surface area contributed by atoms with Crippen LogP contribution in [0.25, 0.3) is 16.6 Å². The zero-order chi connectivity index (χ0) is 24.3. The second-order valence-corrected chi connectivity index (χ2v) is 9.73. The van der Waals surface area contributed by atoms with Crippen LogP contribution in [0.1, 0.15) is 21.6 Å². The minimum atomic E-state index is -0.753. The second-order valence-electron chi connectivity index (χ2n) is 8.50. The van der Waals surface area contributed by atoms with E-state index in [1.165, 1.54) is 0 Å². The summed E-state index contributed by atoms with van der Waals surface area (Å²) in [7, 11) is 1.56. The number of halogens is 2. The molecule has 2 unspecified atom stereocenters. The van der Waals surface area contributed by atoms with Crippen LogP contribution in [0, 0.1) is 11.6 Å². The van der Waals surface area contributed by atoms with E-state index >= 15 is 4.39 Å². The highest BCUT2D eigenvalue weighted by molar-refractivity contribution is 8.15. The quantitative estimate of drug-likeness (QED) is 0.448. The normalized spacial score (nSPS) is 19.9. The van der Waals surface area contributed by atoms with Crippen LogP contribution in [0.4, 0.5) is 8.78 Å². The van der Waals surface area contributed by atoms with Crippen LogP contribution < -0.4 is 10.9 Å². The summed E-state index contributed by atoms with van der Waals surface area (Å²) < 4.78 is 30.3. The Balaban J connectivity index is 1.20. The number of likely N-dealkylation sites (tertiary alicyclic amines) is 1. The standard InChI is InChI=1S/C23H19F2N7O2S/c1-26-21(33)14-4-2-11(6-27-14)23-29-15-9-31(10-17(15)35-23)8-12-3-5-16-19(18(12)25)30-22(34)20-13(24)7-28-32(16)20/h2-7,15,17H,8-10H2,1H3,(H,26,33)(H,30,34). The molecule has 178 valence electrons. The van der Waals surface area contributed by atoms with Gasteiger partial charge in [-0.2, -0.15) is 5.10 Å². The van der Waals surface area contributed by atoms with Gasteiger partial charge in [-0.05, 0) is 18.2 Å². The number of hydrogen-bond donors (Lipinski definition) is 2. The van der Waals surface area contributed by atoms with Crippen LogP contribution in [0.15, 0.2) is 46.4 Å². The van der Waals surface area contributed by atoms with Crippen LogP contribution in [0.2, 0.25) is 0 Å². The Morgan fingerprint density at radius 3 is 2.83 bits per heavy atom. The highest BCUT2D eigenvalue weighted by atomic mass is 32.2. The number of pyridine rings is 1. The minimum absolute atomic E-state index is 0.00451. The number of carbonyl (C=O) groups excluding carboxylic acids is 1. The van der Waals surface area contributed by atoms with Crippen molar-refractivity contribution in [3.8, 4) is 0 Å². The molecule has 3 aromatic heterocycles. The predicted octanol–water partition coefficient (Wildman–Crippen LogP) is 1.95. The molecule has 9 nitrogen and oxygen atoms in total. The molecule has 1 fully saturated rings. The van der Waals surface area contributed by atoms with Crippen molar-refractivity contribution < 1.29 is 13.6 Å². The van der Waals surface area contributed by atoms with E-state index in [-0.39, 0.29) is 28.2 Å². The zero-order valence-electron chi connectivity index (χ0n) is 18.5. The lowest BCUT2D eigenvalue weighted by Gasteiger charge is -2.17. The first kappa shape index (κ1) is 21.9. The largest absolute Gasteiger partial charge is 0.354 e. The number of nitrogens with one attached hydrogen (secondary N) is 2. The number of H-pyrrole nitrogens is 1. The SMILES string of the molecule is CNC(=O)c1ccc(C2=NC3CN(Cc4ccc5c([nH]c(=O)c6c(F)cnn65)c4F)CC3S2)cn1. The molecule has 1 amide bonds. The summed E-state index contributed by atoms with van der Waals surface area (Å²) in [5.74, 6) is -1.54. The number of nitrogens with zero attached hydrogens (tertiary/aromatic N) is 5. The summed E-state index contributed by atoms with van der Waals surface area (Å²) >= 11 is 1.66. The van der Waals surface area contributed by atoms with Crippen molar-refractivity contribution in [2.24, 2.45) is 4.99 Å². The monoisotopic (exact) mass is 495 g/mol. The van der Waals surface area contributed by atoms with Gasteiger partial charge >= 0.3 is 0 Å². The maximum Gasteiger partial charge on any atom is 0.277 e. The molecule has 2 N–H and O–H groups in total.